The fraction of sp³-hybridized carbons (Fsp3) is 0.857. The molecule has 0 aromatic rings. The van der Waals surface area contributed by atoms with Crippen LogP contribution < -0.4 is 0 Å². The molecule has 2 atom stereocenters. The van der Waals surface area contributed by atoms with Gasteiger partial charge in [0, 0.05) is 5.92 Å². The predicted molar refractivity (Wildman–Crippen MR) is 71.5 cm³/mol. The van der Waals surface area contributed by atoms with Crippen molar-refractivity contribution in [2.24, 2.45) is 11.8 Å². The highest BCUT2D eigenvalue weighted by Crippen LogP contribution is 2.31. The first-order valence-corrected chi connectivity index (χ1v) is 8.95. The van der Waals surface area contributed by atoms with Gasteiger partial charge in [0.15, 0.2) is 0 Å². The van der Waals surface area contributed by atoms with Crippen molar-refractivity contribution in [3.8, 4) is 11.8 Å². The summed E-state index contributed by atoms with van der Waals surface area (Å²) in [5, 5.41) is 0. The quantitative estimate of drug-likeness (QED) is 0.533. The molecule has 2 heteroatoms. The van der Waals surface area contributed by atoms with Crippen LogP contribution in [0.5, 0.6) is 0 Å². The highest BCUT2D eigenvalue weighted by atomic mass is 28.3. The van der Waals surface area contributed by atoms with Crippen molar-refractivity contribution < 1.29 is 4.43 Å². The van der Waals surface area contributed by atoms with Gasteiger partial charge in [-0.25, -0.2) is 0 Å². The standard InChI is InChI=1S/C14H25OSi/c1-5-9-12(2)14(15-16(3)4)13-10-7-6-8-11-13/h12-14H,6-8,10-11H2,1-4H3/t12-,14-/m0/s1. The lowest BCUT2D eigenvalue weighted by Crippen LogP contribution is -2.35. The summed E-state index contributed by atoms with van der Waals surface area (Å²) in [7, 11) is -0.612. The van der Waals surface area contributed by atoms with Crippen LogP contribution in [0.25, 0.3) is 0 Å². The van der Waals surface area contributed by atoms with Crippen LogP contribution in [-0.2, 0) is 4.43 Å². The second-order valence-electron chi connectivity index (χ2n) is 5.07. The van der Waals surface area contributed by atoms with E-state index in [9.17, 15) is 0 Å². The second kappa shape index (κ2) is 7.14. The molecule has 16 heavy (non-hydrogen) atoms. The van der Waals surface area contributed by atoms with Gasteiger partial charge >= 0.3 is 0 Å². The summed E-state index contributed by atoms with van der Waals surface area (Å²) < 4.78 is 6.20. The van der Waals surface area contributed by atoms with Gasteiger partial charge in [0.2, 0.25) is 9.04 Å². The van der Waals surface area contributed by atoms with Gasteiger partial charge in [-0.1, -0.05) is 25.2 Å². The molecule has 1 fully saturated rings. The van der Waals surface area contributed by atoms with E-state index in [-0.39, 0.29) is 0 Å². The molecule has 1 saturated carbocycles. The maximum absolute atomic E-state index is 6.20. The Bertz CT molecular complexity index is 245. The molecule has 1 nitrogen and oxygen atoms in total. The SMILES string of the molecule is CC#C[C@H](C)[C@H](O[Si](C)C)C1CCCCC1. The Labute approximate surface area is 103 Å². The molecule has 1 aliphatic carbocycles. The largest absolute Gasteiger partial charge is 0.413 e. The summed E-state index contributed by atoms with van der Waals surface area (Å²) in [6.45, 7) is 8.61. The van der Waals surface area contributed by atoms with E-state index in [2.05, 4.69) is 31.9 Å². The summed E-state index contributed by atoms with van der Waals surface area (Å²) in [4.78, 5) is 0. The molecule has 1 rings (SSSR count). The Hall–Kier alpha value is -0.263. The van der Waals surface area contributed by atoms with Crippen LogP contribution in [0.15, 0.2) is 0 Å². The third kappa shape index (κ3) is 4.31. The van der Waals surface area contributed by atoms with Gasteiger partial charge in [-0.3, -0.25) is 0 Å². The smallest absolute Gasteiger partial charge is 0.205 e. The molecule has 0 heterocycles. The monoisotopic (exact) mass is 237 g/mol. The van der Waals surface area contributed by atoms with Crippen LogP contribution in [-0.4, -0.2) is 15.1 Å². The van der Waals surface area contributed by atoms with Gasteiger partial charge in [0.05, 0.1) is 6.10 Å². The van der Waals surface area contributed by atoms with Gasteiger partial charge in [-0.2, -0.15) is 0 Å². The van der Waals surface area contributed by atoms with E-state index < -0.39 is 9.04 Å². The average molecular weight is 237 g/mol. The lowest BCUT2D eigenvalue weighted by atomic mass is 9.81. The Kier molecular flexibility index (Phi) is 6.16. The fourth-order valence-corrected chi connectivity index (χ4v) is 3.59. The Morgan fingerprint density at radius 3 is 2.31 bits per heavy atom. The minimum absolute atomic E-state index is 0.386. The van der Waals surface area contributed by atoms with E-state index >= 15 is 0 Å². The van der Waals surface area contributed by atoms with Crippen LogP contribution in [0.4, 0.5) is 0 Å². The van der Waals surface area contributed by atoms with Crippen molar-refractivity contribution in [3.63, 3.8) is 0 Å². The summed E-state index contributed by atoms with van der Waals surface area (Å²) in [5.41, 5.74) is 0. The Balaban J connectivity index is 2.63. The van der Waals surface area contributed by atoms with Crippen molar-refractivity contribution >= 4 is 9.04 Å². The first kappa shape index (κ1) is 13.8. The Morgan fingerprint density at radius 1 is 1.19 bits per heavy atom. The number of hydrogen-bond donors (Lipinski definition) is 0. The molecular formula is C14H25OSi. The molecular weight excluding hydrogens is 212 g/mol. The van der Waals surface area contributed by atoms with Crippen LogP contribution in [0.3, 0.4) is 0 Å². The van der Waals surface area contributed by atoms with Crippen molar-refractivity contribution in [2.75, 3.05) is 0 Å². The third-order valence-corrected chi connectivity index (χ3v) is 4.09. The minimum Gasteiger partial charge on any atom is -0.413 e. The molecule has 0 aromatic carbocycles. The van der Waals surface area contributed by atoms with Crippen LogP contribution in [0.2, 0.25) is 13.1 Å². The lowest BCUT2D eigenvalue weighted by Gasteiger charge is -2.33. The van der Waals surface area contributed by atoms with E-state index in [0.29, 0.717) is 12.0 Å². The zero-order valence-corrected chi connectivity index (χ0v) is 12.2. The van der Waals surface area contributed by atoms with Crippen LogP contribution in [0.1, 0.15) is 46.0 Å². The highest BCUT2D eigenvalue weighted by molar-refractivity contribution is 6.48. The summed E-state index contributed by atoms with van der Waals surface area (Å²) in [5.74, 6) is 7.48. The van der Waals surface area contributed by atoms with E-state index in [4.69, 9.17) is 4.43 Å². The van der Waals surface area contributed by atoms with Gasteiger partial charge in [-0.05, 0) is 45.7 Å². The summed E-state index contributed by atoms with van der Waals surface area (Å²) in [6.07, 6.45) is 7.24. The maximum atomic E-state index is 6.20. The maximum Gasteiger partial charge on any atom is 0.205 e. The molecule has 0 bridgehead atoms. The van der Waals surface area contributed by atoms with E-state index in [0.717, 1.165) is 5.92 Å². The van der Waals surface area contributed by atoms with Gasteiger partial charge in [0.25, 0.3) is 0 Å². The number of hydrogen-bond acceptors (Lipinski definition) is 1. The first-order valence-electron chi connectivity index (χ1n) is 6.54. The topological polar surface area (TPSA) is 9.23 Å². The zero-order valence-electron chi connectivity index (χ0n) is 11.2. The highest BCUT2D eigenvalue weighted by Gasteiger charge is 2.28. The van der Waals surface area contributed by atoms with E-state index in [1.54, 1.807) is 0 Å². The van der Waals surface area contributed by atoms with Crippen molar-refractivity contribution in [1.82, 2.24) is 0 Å². The molecule has 0 aromatic heterocycles. The van der Waals surface area contributed by atoms with Gasteiger partial charge < -0.3 is 4.43 Å². The molecule has 0 N–H and O–H groups in total. The fourth-order valence-electron chi connectivity index (χ4n) is 2.65. The first-order chi connectivity index (χ1) is 7.65. The average Bonchev–Trinajstić information content (AvgIpc) is 2.27. The molecule has 0 unspecified atom stereocenters. The lowest BCUT2D eigenvalue weighted by molar-refractivity contribution is 0.0807. The van der Waals surface area contributed by atoms with E-state index in [1.807, 2.05) is 6.92 Å². The predicted octanol–water partition coefficient (Wildman–Crippen LogP) is 3.86. The van der Waals surface area contributed by atoms with Crippen LogP contribution in [0, 0.1) is 23.7 Å². The molecule has 1 aliphatic rings. The third-order valence-electron chi connectivity index (χ3n) is 3.35. The second-order valence-corrected chi connectivity index (χ2v) is 7.12. The van der Waals surface area contributed by atoms with Crippen molar-refractivity contribution in [1.29, 1.82) is 0 Å². The molecule has 1 radical (unpaired) electrons. The van der Waals surface area contributed by atoms with E-state index in [1.165, 1.54) is 32.1 Å². The normalized spacial score (nSPS) is 21.3. The summed E-state index contributed by atoms with van der Waals surface area (Å²) in [6, 6.07) is 0. The summed E-state index contributed by atoms with van der Waals surface area (Å²) >= 11 is 0. The Morgan fingerprint density at radius 2 is 1.81 bits per heavy atom. The van der Waals surface area contributed by atoms with Gasteiger partial charge in [-0.15, -0.1) is 5.92 Å². The van der Waals surface area contributed by atoms with Gasteiger partial charge in [0.1, 0.15) is 0 Å². The molecule has 0 spiro atoms. The molecule has 0 saturated heterocycles. The van der Waals surface area contributed by atoms with Crippen molar-refractivity contribution in [3.05, 3.63) is 0 Å². The zero-order chi connectivity index (χ0) is 12.0. The van der Waals surface area contributed by atoms with Crippen LogP contribution >= 0.6 is 0 Å². The van der Waals surface area contributed by atoms with Crippen molar-refractivity contribution in [2.45, 2.75) is 65.1 Å². The molecule has 0 amide bonds. The molecule has 0 aliphatic heterocycles. The minimum atomic E-state index is -0.612. The molecule has 91 valence electrons. The number of rotatable bonds is 4.